The highest BCUT2D eigenvalue weighted by atomic mass is 16.5. The number of fused-ring (bicyclic) bond motifs is 3. The normalized spacial score (nSPS) is 16.1. The molecule has 4 heteroatoms. The molecule has 23 heavy (non-hydrogen) atoms. The molecule has 0 fully saturated rings. The smallest absolute Gasteiger partial charge is 0.344 e. The fourth-order valence-electron chi connectivity index (χ4n) is 2.94. The molecule has 0 spiro atoms. The first-order valence-electron chi connectivity index (χ1n) is 7.17. The van der Waals surface area contributed by atoms with Crippen LogP contribution in [0.5, 0.6) is 5.75 Å². The van der Waals surface area contributed by atoms with Gasteiger partial charge in [0.1, 0.15) is 17.6 Å². The molecule has 0 N–H and O–H groups in total. The molecular weight excluding hydrogens is 290 g/mol. The zero-order chi connectivity index (χ0) is 15.8. The van der Waals surface area contributed by atoms with Crippen molar-refractivity contribution in [3.05, 3.63) is 88.0 Å². The van der Waals surface area contributed by atoms with Gasteiger partial charge < -0.3 is 9.15 Å². The van der Waals surface area contributed by atoms with Crippen molar-refractivity contribution in [2.24, 2.45) is 0 Å². The fraction of sp³-hybridized carbons (Fsp3) is 0.0526. The average Bonchev–Trinajstić information content (AvgIpc) is 2.61. The molecule has 0 saturated carbocycles. The van der Waals surface area contributed by atoms with Crippen LogP contribution in [0, 0.1) is 11.3 Å². The van der Waals surface area contributed by atoms with Gasteiger partial charge in [0.2, 0.25) is 0 Å². The minimum atomic E-state index is -0.481. The van der Waals surface area contributed by atoms with Crippen molar-refractivity contribution in [3.8, 4) is 11.8 Å². The van der Waals surface area contributed by atoms with Crippen molar-refractivity contribution in [2.45, 2.75) is 5.92 Å². The van der Waals surface area contributed by atoms with Crippen LogP contribution in [0.2, 0.25) is 0 Å². The Hall–Kier alpha value is -3.32. The van der Waals surface area contributed by atoms with Crippen LogP contribution in [0.15, 0.2) is 75.6 Å². The second-order valence-corrected chi connectivity index (χ2v) is 5.28. The Labute approximate surface area is 131 Å². The van der Waals surface area contributed by atoms with E-state index in [4.69, 9.17) is 9.15 Å². The summed E-state index contributed by atoms with van der Waals surface area (Å²) in [5, 5.41) is 10.1. The van der Waals surface area contributed by atoms with Crippen molar-refractivity contribution >= 4 is 11.0 Å². The Morgan fingerprint density at radius 3 is 2.52 bits per heavy atom. The van der Waals surface area contributed by atoms with E-state index < -0.39 is 11.5 Å². The van der Waals surface area contributed by atoms with Gasteiger partial charge in [-0.15, -0.1) is 0 Å². The van der Waals surface area contributed by atoms with Gasteiger partial charge in [-0.3, -0.25) is 0 Å². The molecule has 2 aromatic carbocycles. The first kappa shape index (κ1) is 13.4. The minimum Gasteiger partial charge on any atom is -0.463 e. The number of allylic oxidation sites excluding steroid dienone is 1. The number of hydrogen-bond acceptors (Lipinski definition) is 4. The van der Waals surface area contributed by atoms with Crippen LogP contribution < -0.4 is 10.4 Å². The summed E-state index contributed by atoms with van der Waals surface area (Å²) in [5.41, 5.74) is 1.60. The van der Waals surface area contributed by atoms with Crippen LogP contribution in [-0.4, -0.2) is 0 Å². The Bertz CT molecular complexity index is 1030. The van der Waals surface area contributed by atoms with Crippen LogP contribution >= 0.6 is 0 Å². The van der Waals surface area contributed by atoms with Crippen LogP contribution in [0.4, 0.5) is 0 Å². The molecule has 110 valence electrons. The highest BCUT2D eigenvalue weighted by molar-refractivity contribution is 5.85. The van der Waals surface area contributed by atoms with Gasteiger partial charge >= 0.3 is 5.63 Å². The molecular formula is C19H11NO3. The van der Waals surface area contributed by atoms with E-state index in [0.717, 1.165) is 10.9 Å². The second kappa shape index (κ2) is 5.15. The standard InChI is InChI=1S/C19H11NO3/c20-10-13-11-22-18-14-8-4-5-9-15(14)23-19(21)17(18)16(13)12-6-2-1-3-7-12/h1-9,11,16H. The summed E-state index contributed by atoms with van der Waals surface area (Å²) in [4.78, 5) is 12.5. The number of hydrogen-bond donors (Lipinski definition) is 0. The summed E-state index contributed by atoms with van der Waals surface area (Å²) < 4.78 is 11.1. The molecule has 1 aliphatic heterocycles. The van der Waals surface area contributed by atoms with Gasteiger partial charge in [0.05, 0.1) is 28.5 Å². The maximum atomic E-state index is 12.5. The Balaban J connectivity index is 2.07. The molecule has 0 radical (unpaired) electrons. The van der Waals surface area contributed by atoms with Crippen LogP contribution in [-0.2, 0) is 0 Å². The van der Waals surface area contributed by atoms with Crippen molar-refractivity contribution in [2.75, 3.05) is 0 Å². The number of ether oxygens (including phenoxy) is 1. The zero-order valence-corrected chi connectivity index (χ0v) is 12.0. The minimum absolute atomic E-state index is 0.369. The third-order valence-corrected chi connectivity index (χ3v) is 3.96. The van der Waals surface area contributed by atoms with Crippen LogP contribution in [0.25, 0.3) is 11.0 Å². The number of nitrogens with zero attached hydrogens (tertiary/aromatic N) is 1. The number of rotatable bonds is 1. The van der Waals surface area contributed by atoms with E-state index in [1.165, 1.54) is 6.26 Å². The van der Waals surface area contributed by atoms with Crippen molar-refractivity contribution < 1.29 is 9.15 Å². The molecule has 4 rings (SSSR count). The van der Waals surface area contributed by atoms with Crippen molar-refractivity contribution in [1.82, 2.24) is 0 Å². The fourth-order valence-corrected chi connectivity index (χ4v) is 2.94. The Morgan fingerprint density at radius 1 is 1.00 bits per heavy atom. The van der Waals surface area contributed by atoms with E-state index in [0.29, 0.717) is 22.5 Å². The van der Waals surface area contributed by atoms with Crippen molar-refractivity contribution in [1.29, 1.82) is 5.26 Å². The number of para-hydroxylation sites is 1. The summed E-state index contributed by atoms with van der Waals surface area (Å²) in [6.07, 6.45) is 1.42. The lowest BCUT2D eigenvalue weighted by Gasteiger charge is -2.23. The molecule has 0 aliphatic carbocycles. The predicted octanol–water partition coefficient (Wildman–Crippen LogP) is 3.72. The van der Waals surface area contributed by atoms with E-state index in [1.807, 2.05) is 42.5 Å². The van der Waals surface area contributed by atoms with E-state index in [9.17, 15) is 10.1 Å². The monoisotopic (exact) mass is 301 g/mol. The molecule has 2 heterocycles. The first-order valence-corrected chi connectivity index (χ1v) is 7.17. The first-order chi connectivity index (χ1) is 11.3. The lowest BCUT2D eigenvalue weighted by molar-refractivity contribution is 0.441. The van der Waals surface area contributed by atoms with Gasteiger partial charge in [0.25, 0.3) is 0 Å². The lowest BCUT2D eigenvalue weighted by atomic mass is 9.84. The highest BCUT2D eigenvalue weighted by Gasteiger charge is 2.32. The number of nitriles is 1. The molecule has 3 aromatic rings. The van der Waals surface area contributed by atoms with Crippen LogP contribution in [0.3, 0.4) is 0 Å². The molecule has 1 aromatic heterocycles. The van der Waals surface area contributed by atoms with Gasteiger partial charge in [-0.1, -0.05) is 42.5 Å². The second-order valence-electron chi connectivity index (χ2n) is 5.28. The molecule has 4 nitrogen and oxygen atoms in total. The van der Waals surface area contributed by atoms with Gasteiger partial charge in [0.15, 0.2) is 0 Å². The molecule has 1 atom stereocenters. The zero-order valence-electron chi connectivity index (χ0n) is 12.0. The summed E-state index contributed by atoms with van der Waals surface area (Å²) in [6.45, 7) is 0. The summed E-state index contributed by atoms with van der Waals surface area (Å²) >= 11 is 0. The number of benzene rings is 2. The largest absolute Gasteiger partial charge is 0.463 e. The topological polar surface area (TPSA) is 63.2 Å². The summed E-state index contributed by atoms with van der Waals surface area (Å²) in [5.74, 6) is -0.0180. The van der Waals surface area contributed by atoms with Crippen molar-refractivity contribution in [3.63, 3.8) is 0 Å². The van der Waals surface area contributed by atoms with Crippen LogP contribution in [0.1, 0.15) is 17.0 Å². The molecule has 0 saturated heterocycles. The van der Waals surface area contributed by atoms with Gasteiger partial charge in [-0.25, -0.2) is 4.79 Å². The van der Waals surface area contributed by atoms with E-state index in [-0.39, 0.29) is 0 Å². The predicted molar refractivity (Wildman–Crippen MR) is 85.1 cm³/mol. The molecule has 1 aliphatic rings. The Kier molecular flexibility index (Phi) is 2.99. The SMILES string of the molecule is N#CC1=COc2c(c(=O)oc3ccccc23)C1c1ccccc1. The third kappa shape index (κ3) is 2.02. The lowest BCUT2D eigenvalue weighted by Crippen LogP contribution is -2.20. The molecule has 1 unspecified atom stereocenters. The summed E-state index contributed by atoms with van der Waals surface area (Å²) in [6, 6.07) is 18.8. The van der Waals surface area contributed by atoms with E-state index in [2.05, 4.69) is 6.07 Å². The Morgan fingerprint density at radius 2 is 1.74 bits per heavy atom. The van der Waals surface area contributed by atoms with Gasteiger partial charge in [-0.05, 0) is 17.7 Å². The van der Waals surface area contributed by atoms with E-state index in [1.54, 1.807) is 12.1 Å². The molecule has 0 amide bonds. The van der Waals surface area contributed by atoms with E-state index >= 15 is 0 Å². The quantitative estimate of drug-likeness (QED) is 0.642. The highest BCUT2D eigenvalue weighted by Crippen LogP contribution is 2.41. The maximum absolute atomic E-state index is 12.5. The third-order valence-electron chi connectivity index (χ3n) is 3.96. The molecule has 0 bridgehead atoms. The average molecular weight is 301 g/mol. The maximum Gasteiger partial charge on any atom is 0.344 e. The van der Waals surface area contributed by atoms with Gasteiger partial charge in [0, 0.05) is 0 Å². The summed E-state index contributed by atoms with van der Waals surface area (Å²) in [7, 11) is 0. The van der Waals surface area contributed by atoms with Gasteiger partial charge in [-0.2, -0.15) is 5.26 Å².